The zero-order valence-corrected chi connectivity index (χ0v) is 8.58. The predicted molar refractivity (Wildman–Crippen MR) is 56.1 cm³/mol. The molecule has 1 rings (SSSR count). The van der Waals surface area contributed by atoms with Gasteiger partial charge in [-0.3, -0.25) is 4.79 Å². The molecular formula is C11H12FNO2. The number of benzene rings is 1. The minimum Gasteiger partial charge on any atom is -0.494 e. The van der Waals surface area contributed by atoms with Gasteiger partial charge >= 0.3 is 0 Å². The van der Waals surface area contributed by atoms with Gasteiger partial charge in [0.05, 0.1) is 7.11 Å². The zero-order valence-electron chi connectivity index (χ0n) is 8.58. The predicted octanol–water partition coefficient (Wildman–Crippen LogP) is 1.59. The molecule has 3 nitrogen and oxygen atoms in total. The van der Waals surface area contributed by atoms with Crippen molar-refractivity contribution in [3.05, 3.63) is 35.7 Å². The van der Waals surface area contributed by atoms with Crippen LogP contribution in [0, 0.1) is 5.82 Å². The van der Waals surface area contributed by atoms with Crippen LogP contribution in [0.4, 0.5) is 4.39 Å². The largest absolute Gasteiger partial charge is 0.494 e. The fourth-order valence-corrected chi connectivity index (χ4v) is 1.04. The van der Waals surface area contributed by atoms with Crippen LogP contribution in [0.15, 0.2) is 24.3 Å². The summed E-state index contributed by atoms with van der Waals surface area (Å²) in [6.07, 6.45) is 2.86. The number of amides is 1. The highest BCUT2D eigenvalue weighted by Gasteiger charge is 2.01. The molecule has 0 aliphatic carbocycles. The Kier molecular flexibility index (Phi) is 3.85. The normalized spacial score (nSPS) is 10.3. The molecule has 0 aromatic heterocycles. The highest BCUT2D eigenvalue weighted by atomic mass is 19.1. The van der Waals surface area contributed by atoms with Crippen molar-refractivity contribution in [1.29, 1.82) is 0 Å². The van der Waals surface area contributed by atoms with E-state index in [1.807, 2.05) is 0 Å². The average molecular weight is 209 g/mol. The number of hydrogen-bond donors (Lipinski definition) is 1. The summed E-state index contributed by atoms with van der Waals surface area (Å²) >= 11 is 0. The Morgan fingerprint density at radius 1 is 1.53 bits per heavy atom. The maximum absolute atomic E-state index is 13.2. The van der Waals surface area contributed by atoms with Gasteiger partial charge in [-0.25, -0.2) is 4.39 Å². The fraction of sp³-hybridized carbons (Fsp3) is 0.182. The quantitative estimate of drug-likeness (QED) is 0.768. The number of halogens is 1. The Labute approximate surface area is 87.6 Å². The van der Waals surface area contributed by atoms with Gasteiger partial charge < -0.3 is 10.1 Å². The number of likely N-dealkylation sites (N-methyl/N-ethyl adjacent to an activating group) is 1. The molecule has 0 radical (unpaired) electrons. The Morgan fingerprint density at radius 3 is 2.80 bits per heavy atom. The van der Waals surface area contributed by atoms with Gasteiger partial charge in [-0.1, -0.05) is 6.07 Å². The maximum Gasteiger partial charge on any atom is 0.243 e. The number of carbonyl (C=O) groups is 1. The Balaban J connectivity index is 2.84. The first-order valence-electron chi connectivity index (χ1n) is 4.40. The molecule has 1 N–H and O–H groups in total. The van der Waals surface area contributed by atoms with Crippen molar-refractivity contribution in [2.24, 2.45) is 0 Å². The summed E-state index contributed by atoms with van der Waals surface area (Å²) in [5, 5.41) is 2.43. The number of hydrogen-bond acceptors (Lipinski definition) is 2. The first-order chi connectivity index (χ1) is 7.17. The van der Waals surface area contributed by atoms with Crippen LogP contribution in [-0.2, 0) is 4.79 Å². The smallest absolute Gasteiger partial charge is 0.243 e. The van der Waals surface area contributed by atoms with Gasteiger partial charge in [0.1, 0.15) is 0 Å². The lowest BCUT2D eigenvalue weighted by atomic mass is 10.2. The van der Waals surface area contributed by atoms with Crippen LogP contribution in [0.25, 0.3) is 6.08 Å². The van der Waals surface area contributed by atoms with E-state index in [0.717, 1.165) is 0 Å². The van der Waals surface area contributed by atoms with Crippen LogP contribution < -0.4 is 10.1 Å². The van der Waals surface area contributed by atoms with E-state index in [4.69, 9.17) is 4.74 Å². The molecule has 1 aromatic rings. The van der Waals surface area contributed by atoms with Crippen molar-refractivity contribution < 1.29 is 13.9 Å². The molecule has 1 amide bonds. The topological polar surface area (TPSA) is 38.3 Å². The molecule has 0 atom stereocenters. The number of methoxy groups -OCH3 is 1. The third-order valence-electron chi connectivity index (χ3n) is 1.85. The van der Waals surface area contributed by atoms with E-state index in [9.17, 15) is 9.18 Å². The number of nitrogens with one attached hydrogen (secondary N) is 1. The summed E-state index contributed by atoms with van der Waals surface area (Å²) in [4.78, 5) is 10.9. The molecule has 0 unspecified atom stereocenters. The molecule has 0 bridgehead atoms. The van der Waals surface area contributed by atoms with Gasteiger partial charge in [-0.05, 0) is 23.8 Å². The molecule has 0 heterocycles. The molecule has 0 saturated heterocycles. The van der Waals surface area contributed by atoms with E-state index in [1.54, 1.807) is 6.07 Å². The van der Waals surface area contributed by atoms with Gasteiger partial charge in [-0.2, -0.15) is 0 Å². The van der Waals surface area contributed by atoms with Crippen LogP contribution in [0.2, 0.25) is 0 Å². The molecule has 0 aliphatic heterocycles. The second-order valence-corrected chi connectivity index (χ2v) is 2.84. The fourth-order valence-electron chi connectivity index (χ4n) is 1.04. The van der Waals surface area contributed by atoms with Crippen LogP contribution in [-0.4, -0.2) is 20.1 Å². The molecule has 4 heteroatoms. The molecule has 0 aliphatic rings. The standard InChI is InChI=1S/C11H12FNO2/c1-13-11(14)6-4-8-3-5-10(15-2)9(12)7-8/h3-7H,1-2H3,(H,13,14)/b6-4+. The summed E-state index contributed by atoms with van der Waals surface area (Å²) in [6.45, 7) is 0. The number of rotatable bonds is 3. The van der Waals surface area contributed by atoms with Crippen molar-refractivity contribution in [2.45, 2.75) is 0 Å². The molecule has 0 saturated carbocycles. The summed E-state index contributed by atoms with van der Waals surface area (Å²) < 4.78 is 18.0. The van der Waals surface area contributed by atoms with Gasteiger partial charge in [0.2, 0.25) is 5.91 Å². The van der Waals surface area contributed by atoms with E-state index in [2.05, 4.69) is 5.32 Å². The lowest BCUT2D eigenvalue weighted by molar-refractivity contribution is -0.115. The van der Waals surface area contributed by atoms with Crippen molar-refractivity contribution in [2.75, 3.05) is 14.2 Å². The highest BCUT2D eigenvalue weighted by Crippen LogP contribution is 2.18. The van der Waals surface area contributed by atoms with Gasteiger partial charge in [0.15, 0.2) is 11.6 Å². The third-order valence-corrected chi connectivity index (χ3v) is 1.85. The van der Waals surface area contributed by atoms with Crippen LogP contribution in [0.3, 0.4) is 0 Å². The zero-order chi connectivity index (χ0) is 11.3. The van der Waals surface area contributed by atoms with Gasteiger partial charge in [0.25, 0.3) is 0 Å². The van der Waals surface area contributed by atoms with E-state index in [-0.39, 0.29) is 11.7 Å². The number of carbonyl (C=O) groups excluding carboxylic acids is 1. The van der Waals surface area contributed by atoms with Crippen molar-refractivity contribution in [3.8, 4) is 5.75 Å². The van der Waals surface area contributed by atoms with Crippen LogP contribution in [0.5, 0.6) is 5.75 Å². The molecule has 0 fully saturated rings. The first kappa shape index (κ1) is 11.2. The van der Waals surface area contributed by atoms with E-state index in [0.29, 0.717) is 5.56 Å². The van der Waals surface area contributed by atoms with Crippen LogP contribution >= 0.6 is 0 Å². The van der Waals surface area contributed by atoms with E-state index in [1.165, 1.54) is 38.4 Å². The van der Waals surface area contributed by atoms with Crippen molar-refractivity contribution >= 4 is 12.0 Å². The van der Waals surface area contributed by atoms with E-state index < -0.39 is 5.82 Å². The Morgan fingerprint density at radius 2 is 2.27 bits per heavy atom. The highest BCUT2D eigenvalue weighted by molar-refractivity contribution is 5.91. The monoisotopic (exact) mass is 209 g/mol. The van der Waals surface area contributed by atoms with Crippen molar-refractivity contribution in [1.82, 2.24) is 5.32 Å². The molecule has 0 spiro atoms. The maximum atomic E-state index is 13.2. The first-order valence-corrected chi connectivity index (χ1v) is 4.40. The lowest BCUT2D eigenvalue weighted by Crippen LogP contribution is -2.13. The van der Waals surface area contributed by atoms with Gasteiger partial charge in [0, 0.05) is 13.1 Å². The van der Waals surface area contributed by atoms with Crippen molar-refractivity contribution in [3.63, 3.8) is 0 Å². The minimum absolute atomic E-state index is 0.187. The summed E-state index contributed by atoms with van der Waals surface area (Å²) in [5.74, 6) is -0.491. The summed E-state index contributed by atoms with van der Waals surface area (Å²) in [5.41, 5.74) is 0.608. The van der Waals surface area contributed by atoms with E-state index >= 15 is 0 Å². The number of ether oxygens (including phenoxy) is 1. The Hall–Kier alpha value is -1.84. The molecule has 1 aromatic carbocycles. The second-order valence-electron chi connectivity index (χ2n) is 2.84. The summed E-state index contributed by atoms with van der Waals surface area (Å²) in [6, 6.07) is 4.48. The van der Waals surface area contributed by atoms with Crippen LogP contribution in [0.1, 0.15) is 5.56 Å². The van der Waals surface area contributed by atoms with Gasteiger partial charge in [-0.15, -0.1) is 0 Å². The second kappa shape index (κ2) is 5.14. The lowest BCUT2D eigenvalue weighted by Gasteiger charge is -2.01. The molecular weight excluding hydrogens is 197 g/mol. The third kappa shape index (κ3) is 3.09. The molecule has 80 valence electrons. The summed E-state index contributed by atoms with van der Waals surface area (Å²) in [7, 11) is 2.93. The average Bonchev–Trinajstić information content (AvgIpc) is 2.26. The SMILES string of the molecule is CNC(=O)/C=C/c1ccc(OC)c(F)c1. The minimum atomic E-state index is -0.448. The molecule has 15 heavy (non-hydrogen) atoms. The Bertz CT molecular complexity index is 388.